The molecule has 39 heavy (non-hydrogen) atoms. The second-order valence-corrected chi connectivity index (χ2v) is 12.5. The molecule has 1 atom stereocenters. The molecule has 2 amide bonds. The van der Waals surface area contributed by atoms with Crippen molar-refractivity contribution in [2.45, 2.75) is 45.3 Å². The molecule has 1 aromatic heterocycles. The summed E-state index contributed by atoms with van der Waals surface area (Å²) in [7, 11) is 3.88. The second-order valence-electron chi connectivity index (χ2n) is 11.4. The minimum atomic E-state index is -0.382. The van der Waals surface area contributed by atoms with E-state index in [0.717, 1.165) is 33.6 Å². The average molecular weight is 552 g/mol. The largest absolute Gasteiger partial charge is 0.353 e. The van der Waals surface area contributed by atoms with Gasteiger partial charge in [-0.3, -0.25) is 14.5 Å². The highest BCUT2D eigenvalue weighted by molar-refractivity contribution is 8.00. The molecule has 1 aliphatic rings. The van der Waals surface area contributed by atoms with E-state index in [1.165, 1.54) is 23.9 Å². The van der Waals surface area contributed by atoms with E-state index in [2.05, 4.69) is 32.2 Å². The van der Waals surface area contributed by atoms with E-state index in [0.29, 0.717) is 18.9 Å². The zero-order chi connectivity index (χ0) is 28.5. The minimum Gasteiger partial charge on any atom is -0.353 e. The van der Waals surface area contributed by atoms with Crippen LogP contribution >= 0.6 is 11.8 Å². The smallest absolute Gasteiger partial charge is 0.240 e. The number of thioether (sulfide) groups is 1. The fourth-order valence-corrected chi connectivity index (χ4v) is 6.02. The SMILES string of the molecule is Cc1ccc(-n2nc(C(C)(C)C)c3c2N(CC(=O)NCCN(C)C)C(=O)CSC3c2cccc(F)c2)c(C)c1. The number of aromatic nitrogens is 2. The summed E-state index contributed by atoms with van der Waals surface area (Å²) in [6.45, 7) is 11.3. The van der Waals surface area contributed by atoms with E-state index in [4.69, 9.17) is 5.10 Å². The van der Waals surface area contributed by atoms with Crippen LogP contribution in [0.25, 0.3) is 5.69 Å². The quantitative estimate of drug-likeness (QED) is 0.458. The average Bonchev–Trinajstić information content (AvgIpc) is 3.16. The molecular formula is C30H38FN5O2S. The maximum absolute atomic E-state index is 14.4. The van der Waals surface area contributed by atoms with E-state index in [1.54, 1.807) is 11.0 Å². The van der Waals surface area contributed by atoms with Crippen molar-refractivity contribution in [3.8, 4) is 5.69 Å². The Hall–Kier alpha value is -3.17. The number of anilines is 1. The molecule has 0 aliphatic carbocycles. The number of benzene rings is 2. The number of carbonyl (C=O) groups is 2. The summed E-state index contributed by atoms with van der Waals surface area (Å²) in [6, 6.07) is 12.6. The normalized spacial score (nSPS) is 15.9. The molecule has 3 aromatic rings. The monoisotopic (exact) mass is 551 g/mol. The first-order valence-corrected chi connectivity index (χ1v) is 14.2. The molecule has 0 bridgehead atoms. The number of nitrogens with one attached hydrogen (secondary N) is 1. The summed E-state index contributed by atoms with van der Waals surface area (Å²) in [5, 5.41) is 7.72. The summed E-state index contributed by atoms with van der Waals surface area (Å²) >= 11 is 1.45. The van der Waals surface area contributed by atoms with Gasteiger partial charge in [-0.05, 0) is 57.3 Å². The van der Waals surface area contributed by atoms with Crippen molar-refractivity contribution in [2.75, 3.05) is 44.4 Å². The van der Waals surface area contributed by atoms with E-state index < -0.39 is 0 Å². The van der Waals surface area contributed by atoms with Crippen LogP contribution in [0, 0.1) is 19.7 Å². The summed E-state index contributed by atoms with van der Waals surface area (Å²) in [5.41, 5.74) is 4.99. The molecule has 9 heteroatoms. The molecule has 2 aromatic carbocycles. The lowest BCUT2D eigenvalue weighted by atomic mass is 9.87. The molecule has 208 valence electrons. The molecule has 1 unspecified atom stereocenters. The van der Waals surface area contributed by atoms with E-state index in [-0.39, 0.29) is 40.6 Å². The third-order valence-corrected chi connectivity index (χ3v) is 7.97. The van der Waals surface area contributed by atoms with Crippen molar-refractivity contribution in [3.63, 3.8) is 0 Å². The van der Waals surface area contributed by atoms with Gasteiger partial charge in [0.1, 0.15) is 18.2 Å². The van der Waals surface area contributed by atoms with Gasteiger partial charge in [-0.15, -0.1) is 11.8 Å². The Bertz CT molecular complexity index is 1380. The van der Waals surface area contributed by atoms with Gasteiger partial charge in [0.2, 0.25) is 11.8 Å². The Morgan fingerprint density at radius 3 is 2.56 bits per heavy atom. The maximum Gasteiger partial charge on any atom is 0.240 e. The van der Waals surface area contributed by atoms with Gasteiger partial charge in [-0.2, -0.15) is 5.10 Å². The molecular weight excluding hydrogens is 513 g/mol. The number of amides is 2. The van der Waals surface area contributed by atoms with Crippen LogP contribution in [-0.2, 0) is 15.0 Å². The Kier molecular flexibility index (Phi) is 8.51. The van der Waals surface area contributed by atoms with Gasteiger partial charge in [0.15, 0.2) is 0 Å². The van der Waals surface area contributed by atoms with Crippen molar-refractivity contribution in [3.05, 3.63) is 76.2 Å². The third-order valence-electron chi connectivity index (χ3n) is 6.71. The van der Waals surface area contributed by atoms with E-state index in [9.17, 15) is 14.0 Å². The molecule has 2 heterocycles. The van der Waals surface area contributed by atoms with E-state index in [1.807, 2.05) is 55.7 Å². The molecule has 7 nitrogen and oxygen atoms in total. The van der Waals surface area contributed by atoms with Gasteiger partial charge in [-0.25, -0.2) is 9.07 Å². The fourth-order valence-electron chi connectivity index (χ4n) is 4.84. The number of hydrogen-bond donors (Lipinski definition) is 1. The molecule has 1 aliphatic heterocycles. The zero-order valence-corrected chi connectivity index (χ0v) is 24.7. The molecule has 1 N–H and O–H groups in total. The van der Waals surface area contributed by atoms with Crippen molar-refractivity contribution in [1.29, 1.82) is 0 Å². The lowest BCUT2D eigenvalue weighted by Crippen LogP contribution is -2.43. The first kappa shape index (κ1) is 28.8. The first-order chi connectivity index (χ1) is 18.4. The summed E-state index contributed by atoms with van der Waals surface area (Å²) < 4.78 is 16.2. The van der Waals surface area contributed by atoms with Crippen LogP contribution in [0.5, 0.6) is 0 Å². The molecule has 0 spiro atoms. The van der Waals surface area contributed by atoms with Gasteiger partial charge in [0, 0.05) is 24.1 Å². The minimum absolute atomic E-state index is 0.129. The van der Waals surface area contributed by atoms with Crippen molar-refractivity contribution in [1.82, 2.24) is 20.0 Å². The molecule has 0 saturated carbocycles. The molecule has 0 radical (unpaired) electrons. The van der Waals surface area contributed by atoms with Gasteiger partial charge in [0.25, 0.3) is 0 Å². The van der Waals surface area contributed by atoms with Gasteiger partial charge in [0.05, 0.1) is 22.4 Å². The lowest BCUT2D eigenvalue weighted by molar-refractivity contribution is -0.122. The topological polar surface area (TPSA) is 70.5 Å². The summed E-state index contributed by atoms with van der Waals surface area (Å²) in [5.74, 6) is -0.0391. The lowest BCUT2D eigenvalue weighted by Gasteiger charge is -2.25. The first-order valence-electron chi connectivity index (χ1n) is 13.2. The highest BCUT2D eigenvalue weighted by Gasteiger charge is 2.40. The van der Waals surface area contributed by atoms with Gasteiger partial charge in [-0.1, -0.05) is 50.6 Å². The highest BCUT2D eigenvalue weighted by atomic mass is 32.2. The fraction of sp³-hybridized carbons (Fsp3) is 0.433. The van der Waals surface area contributed by atoms with E-state index >= 15 is 0 Å². The molecule has 0 saturated heterocycles. The van der Waals surface area contributed by atoms with Crippen LogP contribution in [0.15, 0.2) is 42.5 Å². The van der Waals surface area contributed by atoms with Crippen LogP contribution in [0.3, 0.4) is 0 Å². The maximum atomic E-state index is 14.4. The van der Waals surface area contributed by atoms with Crippen LogP contribution in [-0.4, -0.2) is 66.0 Å². The number of rotatable bonds is 7. The van der Waals surface area contributed by atoms with Crippen LogP contribution in [0.2, 0.25) is 0 Å². The van der Waals surface area contributed by atoms with Crippen LogP contribution in [0.1, 0.15) is 54.0 Å². The van der Waals surface area contributed by atoms with Crippen molar-refractivity contribution >= 4 is 29.4 Å². The predicted molar refractivity (Wildman–Crippen MR) is 156 cm³/mol. The predicted octanol–water partition coefficient (Wildman–Crippen LogP) is 4.77. The number of fused-ring (bicyclic) bond motifs is 1. The Labute approximate surface area is 234 Å². The third kappa shape index (κ3) is 6.36. The van der Waals surface area contributed by atoms with Crippen LogP contribution < -0.4 is 10.2 Å². The Morgan fingerprint density at radius 1 is 1.18 bits per heavy atom. The standard InChI is InChI=1S/C30H38FN5O2S/c1-19-11-12-23(20(2)15-19)36-29-26(28(33-36)30(3,4)5)27(21-9-8-10-22(31)16-21)39-18-25(38)35(29)17-24(37)32-13-14-34(6)7/h8-12,15-16,27H,13-14,17-18H2,1-7H3,(H,32,37). The van der Waals surface area contributed by atoms with Gasteiger partial charge < -0.3 is 10.2 Å². The number of aryl methyl sites for hydroxylation is 2. The number of nitrogens with zero attached hydrogens (tertiary/aromatic N) is 4. The highest BCUT2D eigenvalue weighted by Crippen LogP contribution is 2.48. The van der Waals surface area contributed by atoms with Crippen molar-refractivity contribution < 1.29 is 14.0 Å². The Balaban J connectivity index is 1.95. The number of likely N-dealkylation sites (N-methyl/N-ethyl adjacent to an activating group) is 1. The second kappa shape index (κ2) is 11.5. The molecule has 4 rings (SSSR count). The van der Waals surface area contributed by atoms with Crippen LogP contribution in [0.4, 0.5) is 10.2 Å². The molecule has 0 fully saturated rings. The summed E-state index contributed by atoms with van der Waals surface area (Å²) in [6.07, 6.45) is 0. The van der Waals surface area contributed by atoms with Crippen molar-refractivity contribution in [2.24, 2.45) is 0 Å². The number of hydrogen-bond acceptors (Lipinski definition) is 5. The summed E-state index contributed by atoms with van der Waals surface area (Å²) in [4.78, 5) is 30.4. The zero-order valence-electron chi connectivity index (χ0n) is 23.8. The Morgan fingerprint density at radius 2 is 1.92 bits per heavy atom. The van der Waals surface area contributed by atoms with Gasteiger partial charge >= 0.3 is 0 Å². The number of carbonyl (C=O) groups excluding carboxylic acids is 2. The number of halogens is 1.